The summed E-state index contributed by atoms with van der Waals surface area (Å²) in [4.78, 5) is -0.610. The monoisotopic (exact) mass is 495 g/mol. The first kappa shape index (κ1) is 21.6. The van der Waals surface area contributed by atoms with Gasteiger partial charge in [0.25, 0.3) is 10.0 Å². The van der Waals surface area contributed by atoms with Gasteiger partial charge in [-0.1, -0.05) is 47.5 Å². The third-order valence-electron chi connectivity index (χ3n) is 4.56. The molecule has 2 N–H and O–H groups in total. The van der Waals surface area contributed by atoms with Crippen LogP contribution < -0.4 is 4.72 Å². The molecule has 4 rings (SSSR count). The van der Waals surface area contributed by atoms with E-state index in [-0.39, 0.29) is 15.5 Å². The van der Waals surface area contributed by atoms with Crippen molar-refractivity contribution in [1.29, 1.82) is 0 Å². The maximum absolute atomic E-state index is 13.0. The summed E-state index contributed by atoms with van der Waals surface area (Å²) in [6, 6.07) is 15.4. The van der Waals surface area contributed by atoms with Crippen LogP contribution in [0.15, 0.2) is 70.5 Å². The van der Waals surface area contributed by atoms with E-state index in [1.807, 2.05) is 0 Å². The van der Waals surface area contributed by atoms with Gasteiger partial charge in [-0.15, -0.1) is 0 Å². The minimum atomic E-state index is -4.18. The number of nitrogens with zero attached hydrogens (tertiary/aromatic N) is 1. The minimum Gasteiger partial charge on any atom is -0.280 e. The van der Waals surface area contributed by atoms with Crippen LogP contribution in [0.3, 0.4) is 0 Å². The number of sulfone groups is 1. The highest BCUT2D eigenvalue weighted by Gasteiger charge is 2.24. The molecular weight excluding hydrogens is 481 g/mol. The molecule has 11 heteroatoms. The molecule has 1 aromatic heterocycles. The normalized spacial score (nSPS) is 12.2. The van der Waals surface area contributed by atoms with E-state index in [0.717, 1.165) is 6.26 Å². The van der Waals surface area contributed by atoms with Gasteiger partial charge in [0.15, 0.2) is 9.84 Å². The second kappa shape index (κ2) is 7.83. The Kier molecular flexibility index (Phi) is 5.47. The Balaban J connectivity index is 1.80. The first-order chi connectivity index (χ1) is 14.6. The molecule has 7 nitrogen and oxygen atoms in total. The first-order valence-electron chi connectivity index (χ1n) is 8.82. The van der Waals surface area contributed by atoms with Gasteiger partial charge in [0.05, 0.1) is 20.5 Å². The van der Waals surface area contributed by atoms with Crippen molar-refractivity contribution in [2.75, 3.05) is 11.0 Å². The average molecular weight is 496 g/mol. The molecule has 1 heterocycles. The molecule has 0 spiro atoms. The molecular formula is C20H15Cl2N3O4S2. The van der Waals surface area contributed by atoms with Crippen LogP contribution in [0.5, 0.6) is 0 Å². The molecule has 0 radical (unpaired) electrons. The van der Waals surface area contributed by atoms with E-state index in [1.54, 1.807) is 36.4 Å². The third kappa shape index (κ3) is 4.14. The first-order valence-corrected chi connectivity index (χ1v) is 13.0. The third-order valence-corrected chi connectivity index (χ3v) is 8.10. The number of fused-ring (bicyclic) bond motifs is 1. The molecule has 0 fully saturated rings. The van der Waals surface area contributed by atoms with Gasteiger partial charge in [0.2, 0.25) is 0 Å². The number of sulfonamides is 1. The van der Waals surface area contributed by atoms with Crippen molar-refractivity contribution in [1.82, 2.24) is 10.2 Å². The molecule has 3 aromatic carbocycles. The van der Waals surface area contributed by atoms with Gasteiger partial charge in [-0.3, -0.25) is 9.82 Å². The topological polar surface area (TPSA) is 109 Å². The summed E-state index contributed by atoms with van der Waals surface area (Å²) in [6.07, 6.45) is 0.958. The van der Waals surface area contributed by atoms with Crippen LogP contribution in [0, 0.1) is 0 Å². The van der Waals surface area contributed by atoms with E-state index >= 15 is 0 Å². The average Bonchev–Trinajstić information content (AvgIpc) is 3.12. The molecule has 0 saturated heterocycles. The quantitative estimate of drug-likeness (QED) is 0.415. The number of anilines is 1. The summed E-state index contributed by atoms with van der Waals surface area (Å²) >= 11 is 12.4. The van der Waals surface area contributed by atoms with E-state index in [0.29, 0.717) is 32.2 Å². The van der Waals surface area contributed by atoms with Crippen molar-refractivity contribution in [3.05, 3.63) is 70.7 Å². The second-order valence-corrected chi connectivity index (χ2v) is 11.2. The maximum atomic E-state index is 13.0. The zero-order valence-electron chi connectivity index (χ0n) is 15.9. The fourth-order valence-corrected chi connectivity index (χ4v) is 6.23. The summed E-state index contributed by atoms with van der Waals surface area (Å²) in [5, 5.41) is 8.46. The predicted octanol–water partition coefficient (Wildman–Crippen LogP) is 4.74. The molecule has 0 aliphatic carbocycles. The SMILES string of the molecule is CS(=O)(=O)c1ccccc1S(=O)(=O)Nc1ccc2[nH]nc(-c3cccc(Cl)c3Cl)c2c1. The van der Waals surface area contributed by atoms with Crippen LogP contribution in [0.2, 0.25) is 10.0 Å². The second-order valence-electron chi connectivity index (χ2n) is 6.76. The summed E-state index contributed by atoms with van der Waals surface area (Å²) in [6.45, 7) is 0. The number of halogens is 2. The molecule has 0 aliphatic rings. The molecule has 31 heavy (non-hydrogen) atoms. The number of H-pyrrole nitrogens is 1. The molecule has 0 saturated carbocycles. The van der Waals surface area contributed by atoms with Gasteiger partial charge >= 0.3 is 0 Å². The molecule has 0 atom stereocenters. The number of hydrogen-bond donors (Lipinski definition) is 2. The highest BCUT2D eigenvalue weighted by Crippen LogP contribution is 2.36. The summed E-state index contributed by atoms with van der Waals surface area (Å²) in [5.74, 6) is 0. The Morgan fingerprint density at radius 2 is 1.61 bits per heavy atom. The van der Waals surface area contributed by atoms with Crippen LogP contribution >= 0.6 is 23.2 Å². The zero-order chi connectivity index (χ0) is 22.4. The Morgan fingerprint density at radius 1 is 0.903 bits per heavy atom. The maximum Gasteiger partial charge on any atom is 0.263 e. The van der Waals surface area contributed by atoms with Crippen molar-refractivity contribution in [3.63, 3.8) is 0 Å². The molecule has 0 amide bonds. The van der Waals surface area contributed by atoms with Gasteiger partial charge in [0.1, 0.15) is 10.6 Å². The minimum absolute atomic E-state index is 0.233. The van der Waals surface area contributed by atoms with Gasteiger partial charge in [-0.05, 0) is 36.4 Å². The standard InChI is InChI=1S/C20H15Cl2N3O4S2/c1-30(26,27)17-7-2-3-8-18(17)31(28,29)25-12-9-10-16-14(11-12)20(24-23-16)13-5-4-6-15(21)19(13)22/h2-11,25H,1H3,(H,23,24). The number of aromatic amines is 1. The van der Waals surface area contributed by atoms with Crippen LogP contribution in [0.1, 0.15) is 0 Å². The highest BCUT2D eigenvalue weighted by atomic mass is 35.5. The Labute approximate surface area is 189 Å². The van der Waals surface area contributed by atoms with Crippen LogP contribution in [0.25, 0.3) is 22.2 Å². The van der Waals surface area contributed by atoms with Crippen molar-refractivity contribution in [2.24, 2.45) is 0 Å². The van der Waals surface area contributed by atoms with Crippen LogP contribution in [0.4, 0.5) is 5.69 Å². The van der Waals surface area contributed by atoms with Crippen molar-refractivity contribution in [2.45, 2.75) is 9.79 Å². The number of aromatic nitrogens is 2. The van der Waals surface area contributed by atoms with E-state index in [1.165, 1.54) is 24.3 Å². The largest absolute Gasteiger partial charge is 0.280 e. The van der Waals surface area contributed by atoms with E-state index in [2.05, 4.69) is 14.9 Å². The molecule has 0 unspecified atom stereocenters. The lowest BCUT2D eigenvalue weighted by Gasteiger charge is -2.11. The Morgan fingerprint density at radius 3 is 2.32 bits per heavy atom. The van der Waals surface area contributed by atoms with Crippen molar-refractivity contribution >= 4 is 59.7 Å². The summed E-state index contributed by atoms with van der Waals surface area (Å²) in [5.41, 5.74) is 1.98. The summed E-state index contributed by atoms with van der Waals surface area (Å²) in [7, 11) is -7.93. The lowest BCUT2D eigenvalue weighted by atomic mass is 10.1. The van der Waals surface area contributed by atoms with Crippen molar-refractivity contribution < 1.29 is 16.8 Å². The van der Waals surface area contributed by atoms with Gasteiger partial charge in [-0.2, -0.15) is 5.10 Å². The van der Waals surface area contributed by atoms with Gasteiger partial charge < -0.3 is 0 Å². The fraction of sp³-hybridized carbons (Fsp3) is 0.0500. The van der Waals surface area contributed by atoms with Gasteiger partial charge in [-0.25, -0.2) is 16.8 Å². The predicted molar refractivity (Wildman–Crippen MR) is 122 cm³/mol. The lowest BCUT2D eigenvalue weighted by molar-refractivity contribution is 0.588. The number of benzene rings is 3. The number of rotatable bonds is 5. The fourth-order valence-electron chi connectivity index (χ4n) is 3.16. The van der Waals surface area contributed by atoms with Gasteiger partial charge in [0, 0.05) is 22.9 Å². The lowest BCUT2D eigenvalue weighted by Crippen LogP contribution is -2.16. The molecule has 0 aliphatic heterocycles. The van der Waals surface area contributed by atoms with Crippen LogP contribution in [-0.4, -0.2) is 33.3 Å². The Bertz CT molecular complexity index is 1530. The van der Waals surface area contributed by atoms with E-state index in [9.17, 15) is 16.8 Å². The molecule has 0 bridgehead atoms. The molecule has 4 aromatic rings. The Hall–Kier alpha value is -2.59. The van der Waals surface area contributed by atoms with Crippen molar-refractivity contribution in [3.8, 4) is 11.3 Å². The number of nitrogens with one attached hydrogen (secondary N) is 2. The summed E-state index contributed by atoms with van der Waals surface area (Å²) < 4.78 is 52.4. The number of hydrogen-bond acceptors (Lipinski definition) is 5. The van der Waals surface area contributed by atoms with Crippen LogP contribution in [-0.2, 0) is 19.9 Å². The van der Waals surface area contributed by atoms with E-state index < -0.39 is 19.9 Å². The zero-order valence-corrected chi connectivity index (χ0v) is 19.1. The highest BCUT2D eigenvalue weighted by molar-refractivity contribution is 7.95. The smallest absolute Gasteiger partial charge is 0.263 e. The van der Waals surface area contributed by atoms with E-state index in [4.69, 9.17) is 23.2 Å². The molecule has 160 valence electrons.